The Morgan fingerprint density at radius 2 is 1.30 bits per heavy atom. The number of rotatable bonds is 6. The van der Waals surface area contributed by atoms with E-state index in [9.17, 15) is 0 Å². The van der Waals surface area contributed by atoms with Gasteiger partial charge in [0.1, 0.15) is 0 Å². The van der Waals surface area contributed by atoms with Crippen LogP contribution >= 0.6 is 0 Å². The molecule has 0 saturated carbocycles. The van der Waals surface area contributed by atoms with Crippen LogP contribution in [0.15, 0.2) is 12.3 Å². The van der Waals surface area contributed by atoms with Crippen LogP contribution in [0.4, 0.5) is 0 Å². The SMILES string of the molecule is C=C(CN1CCN(CCN2CCN(C)CC2)CC1)NC. The minimum absolute atomic E-state index is 0.989. The molecular formula is C15H31N5. The van der Waals surface area contributed by atoms with Crippen LogP contribution in [-0.2, 0) is 0 Å². The Bertz CT molecular complexity index is 291. The Hall–Kier alpha value is -0.620. The summed E-state index contributed by atoms with van der Waals surface area (Å²) in [6, 6.07) is 0. The van der Waals surface area contributed by atoms with Crippen LogP contribution in [0.5, 0.6) is 0 Å². The lowest BCUT2D eigenvalue weighted by atomic mass is 10.2. The Kier molecular flexibility index (Phi) is 6.29. The second-order valence-electron chi connectivity index (χ2n) is 6.12. The summed E-state index contributed by atoms with van der Waals surface area (Å²) in [7, 11) is 4.17. The number of nitrogens with zero attached hydrogens (tertiary/aromatic N) is 4. The molecule has 116 valence electrons. The highest BCUT2D eigenvalue weighted by molar-refractivity contribution is 4.94. The van der Waals surface area contributed by atoms with E-state index >= 15 is 0 Å². The van der Waals surface area contributed by atoms with Crippen molar-refractivity contribution in [1.82, 2.24) is 24.9 Å². The van der Waals surface area contributed by atoms with E-state index in [2.05, 4.69) is 38.5 Å². The first-order valence-electron chi connectivity index (χ1n) is 7.88. The largest absolute Gasteiger partial charge is 0.391 e. The first kappa shape index (κ1) is 15.8. The van der Waals surface area contributed by atoms with Gasteiger partial charge in [-0.2, -0.15) is 0 Å². The predicted octanol–water partition coefficient (Wildman–Crippen LogP) is -0.415. The third-order valence-corrected chi connectivity index (χ3v) is 4.56. The van der Waals surface area contributed by atoms with Gasteiger partial charge in [-0.15, -0.1) is 0 Å². The quantitative estimate of drug-likeness (QED) is 0.713. The number of likely N-dealkylation sites (N-methyl/N-ethyl adjacent to an activating group) is 2. The lowest BCUT2D eigenvalue weighted by Crippen LogP contribution is -2.51. The Morgan fingerprint density at radius 3 is 1.80 bits per heavy atom. The summed E-state index contributed by atoms with van der Waals surface area (Å²) in [5.41, 5.74) is 1.12. The molecule has 5 heteroatoms. The standard InChI is InChI=1S/C15H31N5/c1-15(16-2)14-20-12-10-19(11-13-20)9-8-18-6-4-17(3)5-7-18/h16H,1,4-14H2,2-3H3. The maximum atomic E-state index is 4.01. The first-order valence-corrected chi connectivity index (χ1v) is 7.88. The van der Waals surface area contributed by atoms with Crippen LogP contribution in [-0.4, -0.2) is 106 Å². The van der Waals surface area contributed by atoms with Crippen molar-refractivity contribution in [3.05, 3.63) is 12.3 Å². The molecule has 2 fully saturated rings. The molecule has 0 bridgehead atoms. The van der Waals surface area contributed by atoms with Gasteiger partial charge in [-0.25, -0.2) is 0 Å². The highest BCUT2D eigenvalue weighted by atomic mass is 15.3. The zero-order chi connectivity index (χ0) is 14.4. The monoisotopic (exact) mass is 281 g/mol. The number of piperazine rings is 2. The minimum Gasteiger partial charge on any atom is -0.391 e. The molecule has 5 nitrogen and oxygen atoms in total. The number of hydrogen-bond donors (Lipinski definition) is 1. The Morgan fingerprint density at radius 1 is 0.850 bits per heavy atom. The summed E-state index contributed by atoms with van der Waals surface area (Å²) < 4.78 is 0. The van der Waals surface area contributed by atoms with Crippen LogP contribution in [0.1, 0.15) is 0 Å². The average Bonchev–Trinajstić information content (AvgIpc) is 2.48. The van der Waals surface area contributed by atoms with Crippen molar-refractivity contribution in [2.24, 2.45) is 0 Å². The zero-order valence-corrected chi connectivity index (χ0v) is 13.3. The van der Waals surface area contributed by atoms with Gasteiger partial charge in [-0.3, -0.25) is 14.7 Å². The van der Waals surface area contributed by atoms with Crippen molar-refractivity contribution in [3.8, 4) is 0 Å². The number of hydrogen-bond acceptors (Lipinski definition) is 5. The molecule has 0 spiro atoms. The van der Waals surface area contributed by atoms with Crippen LogP contribution in [0.25, 0.3) is 0 Å². The maximum Gasteiger partial charge on any atom is 0.0376 e. The van der Waals surface area contributed by atoms with Crippen LogP contribution in [0.3, 0.4) is 0 Å². The van der Waals surface area contributed by atoms with Crippen molar-refractivity contribution in [3.63, 3.8) is 0 Å². The fraction of sp³-hybridized carbons (Fsp3) is 0.867. The van der Waals surface area contributed by atoms with E-state index in [1.165, 1.54) is 65.4 Å². The molecule has 0 radical (unpaired) electrons. The fourth-order valence-electron chi connectivity index (χ4n) is 2.87. The number of nitrogens with one attached hydrogen (secondary N) is 1. The second-order valence-corrected chi connectivity index (χ2v) is 6.12. The van der Waals surface area contributed by atoms with Gasteiger partial charge in [-0.05, 0) is 7.05 Å². The molecule has 0 atom stereocenters. The third kappa shape index (κ3) is 5.05. The summed E-state index contributed by atoms with van der Waals surface area (Å²) in [4.78, 5) is 10.1. The highest BCUT2D eigenvalue weighted by Crippen LogP contribution is 2.05. The normalized spacial score (nSPS) is 23.9. The second kappa shape index (κ2) is 7.98. The average molecular weight is 281 g/mol. The molecule has 0 aliphatic carbocycles. The molecule has 0 aromatic heterocycles. The van der Waals surface area contributed by atoms with E-state index in [1.54, 1.807) is 0 Å². The summed E-state index contributed by atoms with van der Waals surface area (Å²) in [5.74, 6) is 0. The smallest absolute Gasteiger partial charge is 0.0376 e. The van der Waals surface area contributed by atoms with Crippen LogP contribution in [0.2, 0.25) is 0 Å². The van der Waals surface area contributed by atoms with E-state index < -0.39 is 0 Å². The Balaban J connectivity index is 1.59. The highest BCUT2D eigenvalue weighted by Gasteiger charge is 2.19. The fourth-order valence-corrected chi connectivity index (χ4v) is 2.87. The molecule has 2 aliphatic rings. The van der Waals surface area contributed by atoms with E-state index in [1.807, 2.05) is 7.05 Å². The van der Waals surface area contributed by atoms with Crippen molar-refractivity contribution in [1.29, 1.82) is 0 Å². The molecule has 2 aliphatic heterocycles. The maximum absolute atomic E-state index is 4.01. The van der Waals surface area contributed by atoms with Crippen LogP contribution < -0.4 is 5.32 Å². The van der Waals surface area contributed by atoms with Crippen molar-refractivity contribution in [2.45, 2.75) is 0 Å². The molecule has 2 heterocycles. The van der Waals surface area contributed by atoms with Crippen molar-refractivity contribution >= 4 is 0 Å². The summed E-state index contributed by atoms with van der Waals surface area (Å²) >= 11 is 0. The van der Waals surface area contributed by atoms with Gasteiger partial charge >= 0.3 is 0 Å². The van der Waals surface area contributed by atoms with E-state index in [4.69, 9.17) is 0 Å². The molecule has 0 amide bonds. The predicted molar refractivity (Wildman–Crippen MR) is 85.0 cm³/mol. The minimum atomic E-state index is 0.989. The molecular weight excluding hydrogens is 250 g/mol. The van der Waals surface area contributed by atoms with Gasteiger partial charge in [0.15, 0.2) is 0 Å². The summed E-state index contributed by atoms with van der Waals surface area (Å²) in [6.07, 6.45) is 0. The van der Waals surface area contributed by atoms with Crippen molar-refractivity contribution in [2.75, 3.05) is 86.1 Å². The van der Waals surface area contributed by atoms with Crippen molar-refractivity contribution < 1.29 is 0 Å². The molecule has 0 aromatic carbocycles. The third-order valence-electron chi connectivity index (χ3n) is 4.56. The van der Waals surface area contributed by atoms with Gasteiger partial charge in [0.2, 0.25) is 0 Å². The lowest BCUT2D eigenvalue weighted by Gasteiger charge is -2.37. The summed E-state index contributed by atoms with van der Waals surface area (Å²) in [6.45, 7) is 17.1. The molecule has 0 unspecified atom stereocenters. The van der Waals surface area contributed by atoms with Gasteiger partial charge in [0.05, 0.1) is 0 Å². The van der Waals surface area contributed by atoms with E-state index in [-0.39, 0.29) is 0 Å². The zero-order valence-electron chi connectivity index (χ0n) is 13.3. The molecule has 20 heavy (non-hydrogen) atoms. The van der Waals surface area contributed by atoms with E-state index in [0.717, 1.165) is 12.2 Å². The van der Waals surface area contributed by atoms with Gasteiger partial charge in [-0.1, -0.05) is 6.58 Å². The topological polar surface area (TPSA) is 25.0 Å². The van der Waals surface area contributed by atoms with Gasteiger partial charge < -0.3 is 10.2 Å². The lowest BCUT2D eigenvalue weighted by molar-refractivity contribution is 0.105. The Labute approximate surface area is 124 Å². The van der Waals surface area contributed by atoms with Crippen LogP contribution in [0, 0.1) is 0 Å². The first-order chi connectivity index (χ1) is 9.67. The van der Waals surface area contributed by atoms with Gasteiger partial charge in [0, 0.05) is 84.7 Å². The molecule has 2 saturated heterocycles. The van der Waals surface area contributed by atoms with Gasteiger partial charge in [0.25, 0.3) is 0 Å². The summed E-state index contributed by atoms with van der Waals surface area (Å²) in [5, 5.41) is 3.13. The molecule has 2 rings (SSSR count). The van der Waals surface area contributed by atoms with E-state index in [0.29, 0.717) is 0 Å². The molecule has 0 aromatic rings. The molecule has 1 N–H and O–H groups in total.